The van der Waals surface area contributed by atoms with E-state index < -0.39 is 28.3 Å². The molecule has 2 heterocycles. The van der Waals surface area contributed by atoms with Crippen molar-refractivity contribution in [3.63, 3.8) is 0 Å². The normalized spacial score (nSPS) is 16.1. The van der Waals surface area contributed by atoms with Crippen molar-refractivity contribution < 1.29 is 36.5 Å². The predicted octanol–water partition coefficient (Wildman–Crippen LogP) is 10.1. The molecule has 3 aromatic carbocycles. The minimum Gasteiger partial charge on any atom is -0.491 e. The average molecular weight is 683 g/mol. The molecule has 3 N–H and O–H groups in total. The number of halogens is 4. The van der Waals surface area contributed by atoms with Crippen molar-refractivity contribution in [2.75, 3.05) is 21.9 Å². The Kier molecular flexibility index (Phi) is 9.27. The van der Waals surface area contributed by atoms with E-state index >= 15 is 0 Å². The maximum Gasteiger partial charge on any atom is 0.573 e. The van der Waals surface area contributed by atoms with Gasteiger partial charge in [-0.15, -0.1) is 35.3 Å². The van der Waals surface area contributed by atoms with Crippen molar-refractivity contribution in [3.8, 4) is 11.5 Å². The molecule has 0 radical (unpaired) electrons. The lowest BCUT2D eigenvalue weighted by molar-refractivity contribution is -0.274. The molecule has 1 aliphatic rings. The molecule has 0 bridgehead atoms. The summed E-state index contributed by atoms with van der Waals surface area (Å²) in [5.74, 6) is -0.208. The predicted molar refractivity (Wildman–Crippen MR) is 177 cm³/mol. The van der Waals surface area contributed by atoms with Crippen LogP contribution in [0.15, 0.2) is 60.7 Å². The Labute approximate surface area is 270 Å². The number of carbonyl (C=O) groups excluding carboxylic acids is 1. The Morgan fingerprint density at radius 2 is 1.71 bits per heavy atom. The molecule has 0 atom stereocenters. The van der Waals surface area contributed by atoms with Crippen LogP contribution < -0.4 is 19.1 Å². The summed E-state index contributed by atoms with van der Waals surface area (Å²) in [5.41, 5.74) is 1.37. The van der Waals surface area contributed by atoms with E-state index in [-0.39, 0.29) is 17.8 Å². The maximum absolute atomic E-state index is 13.4. The number of ether oxygens (including phenoxy) is 2. The van der Waals surface area contributed by atoms with E-state index in [2.05, 4.69) is 10.1 Å². The maximum atomic E-state index is 13.4. The molecule has 7 nitrogen and oxygen atoms in total. The fraction of sp³-hybridized carbons (Fsp3) is 0.344. The van der Waals surface area contributed by atoms with Gasteiger partial charge in [0.1, 0.15) is 11.5 Å². The Morgan fingerprint density at radius 1 is 1.00 bits per heavy atom. The Hall–Kier alpha value is -3.16. The second kappa shape index (κ2) is 12.6. The first-order valence-corrected chi connectivity index (χ1v) is 17.1. The van der Waals surface area contributed by atoms with Crippen LogP contribution >= 0.6 is 33.7 Å². The highest BCUT2D eigenvalue weighted by molar-refractivity contribution is 8.25. The molecule has 242 valence electrons. The van der Waals surface area contributed by atoms with Crippen molar-refractivity contribution in [3.05, 3.63) is 81.7 Å². The minimum atomic E-state index is -4.88. The highest BCUT2D eigenvalue weighted by Gasteiger charge is 2.33. The lowest BCUT2D eigenvalue weighted by atomic mass is 9.78. The molecule has 1 aromatic heterocycles. The molecule has 1 aliphatic heterocycles. The third-order valence-electron chi connectivity index (χ3n) is 7.48. The van der Waals surface area contributed by atoms with Crippen LogP contribution in [0.25, 0.3) is 10.1 Å². The van der Waals surface area contributed by atoms with Crippen LogP contribution in [0.1, 0.15) is 61.3 Å². The summed E-state index contributed by atoms with van der Waals surface area (Å²) in [6.45, 7) is 7.75. The molecular formula is C32H34ClF3N2O5S2. The number of hydrogen-bond donors (Lipinski definition) is 3. The van der Waals surface area contributed by atoms with Gasteiger partial charge in [0.25, 0.3) is 5.91 Å². The van der Waals surface area contributed by atoms with Crippen LogP contribution in [0.2, 0.25) is 5.02 Å². The first-order chi connectivity index (χ1) is 21.0. The molecule has 1 fully saturated rings. The number of benzene rings is 3. The van der Waals surface area contributed by atoms with E-state index in [0.717, 1.165) is 22.9 Å². The minimum absolute atomic E-state index is 0.226. The number of rotatable bonds is 8. The van der Waals surface area contributed by atoms with Crippen molar-refractivity contribution in [1.82, 2.24) is 0 Å². The topological polar surface area (TPSA) is 91.3 Å². The lowest BCUT2D eigenvalue weighted by Gasteiger charge is -2.47. The zero-order valence-corrected chi connectivity index (χ0v) is 27.5. The van der Waals surface area contributed by atoms with E-state index in [1.807, 2.05) is 32.0 Å². The number of amides is 1. The smallest absolute Gasteiger partial charge is 0.491 e. The van der Waals surface area contributed by atoms with Gasteiger partial charge >= 0.3 is 6.36 Å². The van der Waals surface area contributed by atoms with Gasteiger partial charge in [-0.1, -0.05) is 25.4 Å². The zero-order chi connectivity index (χ0) is 32.7. The van der Waals surface area contributed by atoms with Crippen molar-refractivity contribution in [1.29, 1.82) is 0 Å². The van der Waals surface area contributed by atoms with Gasteiger partial charge in [0.2, 0.25) is 0 Å². The Bertz CT molecular complexity index is 1720. The van der Waals surface area contributed by atoms with Crippen molar-refractivity contribution >= 4 is 61.1 Å². The van der Waals surface area contributed by atoms with Crippen LogP contribution in [0.5, 0.6) is 11.5 Å². The Balaban J connectivity index is 1.41. The summed E-state index contributed by atoms with van der Waals surface area (Å²) in [7, 11) is -2.87. The van der Waals surface area contributed by atoms with Gasteiger partial charge in [-0.3, -0.25) is 18.2 Å². The highest BCUT2D eigenvalue weighted by Crippen LogP contribution is 2.50. The van der Waals surface area contributed by atoms with E-state index in [9.17, 15) is 27.1 Å². The third kappa shape index (κ3) is 7.81. The third-order valence-corrected chi connectivity index (χ3v) is 10.7. The summed E-state index contributed by atoms with van der Waals surface area (Å²) < 4.78 is 72.9. The molecule has 0 saturated carbocycles. The van der Waals surface area contributed by atoms with Crippen LogP contribution in [-0.4, -0.2) is 39.8 Å². The number of hydrogen-bond acceptors (Lipinski definition) is 7. The first-order valence-electron chi connectivity index (χ1n) is 14.3. The van der Waals surface area contributed by atoms with Crippen molar-refractivity contribution in [2.24, 2.45) is 0 Å². The van der Waals surface area contributed by atoms with Crippen LogP contribution in [-0.2, 0) is 5.41 Å². The summed E-state index contributed by atoms with van der Waals surface area (Å²) >= 11 is 7.78. The van der Waals surface area contributed by atoms with E-state index in [1.165, 1.54) is 23.5 Å². The first kappa shape index (κ1) is 33.2. The SMILES string of the molecule is CC(C)Oc1cc(OC(F)(F)F)cc(C(C)(C)c2cc(Cl)cc(NC(=O)c3cc4cc(N5CCCCS5(O)O)ccc4s3)c2)c1. The van der Waals surface area contributed by atoms with Gasteiger partial charge in [-0.25, -0.2) is 0 Å². The average Bonchev–Trinajstić information content (AvgIpc) is 3.35. The molecular weight excluding hydrogens is 649 g/mol. The van der Waals surface area contributed by atoms with Gasteiger partial charge < -0.3 is 14.8 Å². The van der Waals surface area contributed by atoms with Gasteiger partial charge in [0.15, 0.2) is 0 Å². The number of nitrogens with one attached hydrogen (secondary N) is 1. The quantitative estimate of drug-likeness (QED) is 0.171. The molecule has 1 saturated heterocycles. The molecule has 45 heavy (non-hydrogen) atoms. The summed E-state index contributed by atoms with van der Waals surface area (Å²) in [6, 6.07) is 16.5. The number of nitrogens with zero attached hydrogens (tertiary/aromatic N) is 1. The molecule has 1 amide bonds. The zero-order valence-electron chi connectivity index (χ0n) is 25.1. The number of fused-ring (bicyclic) bond motifs is 1. The van der Waals surface area contributed by atoms with Crippen molar-refractivity contribution in [2.45, 2.75) is 58.4 Å². The molecule has 4 aromatic rings. The monoisotopic (exact) mass is 682 g/mol. The van der Waals surface area contributed by atoms with E-state index in [1.54, 1.807) is 48.5 Å². The van der Waals surface area contributed by atoms with Crippen LogP contribution in [0, 0.1) is 0 Å². The molecule has 0 aliphatic carbocycles. The second-order valence-corrected chi connectivity index (χ2v) is 15.3. The van der Waals surface area contributed by atoms with Gasteiger partial charge in [0.05, 0.1) is 22.4 Å². The number of thiophene rings is 1. The fourth-order valence-electron chi connectivity index (χ4n) is 5.25. The summed E-state index contributed by atoms with van der Waals surface area (Å²) in [4.78, 5) is 13.8. The second-order valence-electron chi connectivity index (χ2n) is 11.7. The number of anilines is 2. The molecule has 0 unspecified atom stereocenters. The largest absolute Gasteiger partial charge is 0.573 e. The van der Waals surface area contributed by atoms with Crippen LogP contribution in [0.4, 0.5) is 24.5 Å². The van der Waals surface area contributed by atoms with Gasteiger partial charge in [0, 0.05) is 33.4 Å². The van der Waals surface area contributed by atoms with E-state index in [0.29, 0.717) is 44.7 Å². The lowest BCUT2D eigenvalue weighted by Crippen LogP contribution is -2.34. The molecule has 13 heteroatoms. The van der Waals surface area contributed by atoms with E-state index in [4.69, 9.17) is 16.3 Å². The number of carbonyl (C=O) groups is 1. The highest BCUT2D eigenvalue weighted by atomic mass is 35.5. The van der Waals surface area contributed by atoms with Gasteiger partial charge in [-0.05, 0) is 97.8 Å². The fourth-order valence-corrected chi connectivity index (χ4v) is 8.11. The van der Waals surface area contributed by atoms with Gasteiger partial charge in [-0.2, -0.15) is 0 Å². The standard InChI is InChI=1S/C32H34ClF3N2O5S2/c1-19(2)42-26-15-22(16-27(18-26)43-32(34,35)36)31(3,4)21-13-23(33)17-24(14-21)37-30(39)29-12-20-11-25(7-8-28(20)44-29)38-9-5-6-10-45(38,40)41/h7-8,11-19,40-41H,5-6,9-10H2,1-4H3,(H,37,39). The number of alkyl halides is 3. The molecule has 0 spiro atoms. The summed E-state index contributed by atoms with van der Waals surface area (Å²) in [5, 5.41) is 4.03. The molecule has 5 rings (SSSR count). The van der Waals surface area contributed by atoms with Crippen LogP contribution in [0.3, 0.4) is 0 Å². The Morgan fingerprint density at radius 3 is 2.40 bits per heavy atom. The summed E-state index contributed by atoms with van der Waals surface area (Å²) in [6.07, 6.45) is -3.53.